The number of hydrogen-bond acceptors (Lipinski definition) is 1. The van der Waals surface area contributed by atoms with E-state index in [4.69, 9.17) is 0 Å². The molecular formula is C6H2F4IN. The Morgan fingerprint density at radius 1 is 1.33 bits per heavy atom. The number of halogens is 5. The van der Waals surface area contributed by atoms with Crippen LogP contribution in [0.5, 0.6) is 0 Å². The molecule has 0 aliphatic rings. The van der Waals surface area contributed by atoms with Crippen molar-refractivity contribution in [2.45, 2.75) is 6.18 Å². The summed E-state index contributed by atoms with van der Waals surface area (Å²) >= 11 is 1.40. The average molecular weight is 291 g/mol. The minimum absolute atomic E-state index is 0.276. The van der Waals surface area contributed by atoms with Gasteiger partial charge >= 0.3 is 6.18 Å². The number of hydrogen-bond donors (Lipinski definition) is 0. The Bertz CT molecular complexity index is 296. The van der Waals surface area contributed by atoms with Crippen molar-refractivity contribution in [3.8, 4) is 0 Å². The van der Waals surface area contributed by atoms with Crippen LogP contribution in [0.2, 0.25) is 0 Å². The van der Waals surface area contributed by atoms with Gasteiger partial charge in [0.05, 0.1) is 5.56 Å². The van der Waals surface area contributed by atoms with E-state index in [1.165, 1.54) is 22.6 Å². The van der Waals surface area contributed by atoms with Crippen LogP contribution in [-0.2, 0) is 6.18 Å². The topological polar surface area (TPSA) is 12.9 Å². The van der Waals surface area contributed by atoms with Crippen LogP contribution in [0.4, 0.5) is 17.6 Å². The zero-order valence-corrected chi connectivity index (χ0v) is 7.65. The Morgan fingerprint density at radius 3 is 2.33 bits per heavy atom. The minimum atomic E-state index is -4.65. The third kappa shape index (κ3) is 1.85. The maximum atomic E-state index is 12.7. The Balaban J connectivity index is 3.26. The second kappa shape index (κ2) is 3.15. The lowest BCUT2D eigenvalue weighted by atomic mass is 10.2. The second-order valence-corrected chi connectivity index (χ2v) is 2.98. The molecule has 0 unspecified atom stereocenters. The summed E-state index contributed by atoms with van der Waals surface area (Å²) in [4.78, 5) is 3.36. The van der Waals surface area contributed by atoms with E-state index in [0.29, 0.717) is 6.07 Å². The van der Waals surface area contributed by atoms with Crippen molar-refractivity contribution in [3.63, 3.8) is 0 Å². The van der Waals surface area contributed by atoms with Gasteiger partial charge in [-0.2, -0.15) is 13.2 Å². The molecule has 1 aromatic heterocycles. The summed E-state index contributed by atoms with van der Waals surface area (Å²) in [7, 11) is 0. The Morgan fingerprint density at radius 2 is 1.92 bits per heavy atom. The first-order chi connectivity index (χ1) is 5.43. The van der Waals surface area contributed by atoms with Crippen molar-refractivity contribution in [2.75, 3.05) is 0 Å². The highest BCUT2D eigenvalue weighted by molar-refractivity contribution is 14.1. The molecule has 1 rings (SSSR count). The maximum Gasteiger partial charge on any atom is 0.419 e. The van der Waals surface area contributed by atoms with Gasteiger partial charge in [0, 0.05) is 6.20 Å². The van der Waals surface area contributed by atoms with E-state index < -0.39 is 17.6 Å². The van der Waals surface area contributed by atoms with E-state index in [9.17, 15) is 17.6 Å². The molecule has 0 fully saturated rings. The highest BCUT2D eigenvalue weighted by Gasteiger charge is 2.34. The van der Waals surface area contributed by atoms with Crippen molar-refractivity contribution in [3.05, 3.63) is 27.3 Å². The first kappa shape index (κ1) is 9.69. The average Bonchev–Trinajstić information content (AvgIpc) is 1.92. The van der Waals surface area contributed by atoms with Crippen LogP contribution < -0.4 is 0 Å². The predicted molar refractivity (Wildman–Crippen MR) is 41.9 cm³/mol. The fourth-order valence-corrected chi connectivity index (χ4v) is 1.09. The van der Waals surface area contributed by atoms with Crippen LogP contribution in [0.25, 0.3) is 0 Å². The lowest BCUT2D eigenvalue weighted by Gasteiger charge is -2.07. The Kier molecular flexibility index (Phi) is 2.55. The Hall–Kier alpha value is -0.400. The van der Waals surface area contributed by atoms with Gasteiger partial charge in [0.1, 0.15) is 3.70 Å². The summed E-state index contributed by atoms with van der Waals surface area (Å²) in [5.74, 6) is -1.31. The predicted octanol–water partition coefficient (Wildman–Crippen LogP) is 2.84. The molecule has 0 aliphatic carbocycles. The second-order valence-electron chi connectivity index (χ2n) is 1.96. The van der Waals surface area contributed by atoms with Gasteiger partial charge in [-0.1, -0.05) is 0 Å². The summed E-state index contributed by atoms with van der Waals surface area (Å²) < 4.78 is 48.3. The molecule has 0 aliphatic heterocycles. The molecule has 6 heteroatoms. The smallest absolute Gasteiger partial charge is 0.247 e. The third-order valence-corrected chi connectivity index (χ3v) is 1.90. The molecule has 0 spiro atoms. The zero-order valence-electron chi connectivity index (χ0n) is 5.49. The number of pyridine rings is 1. The van der Waals surface area contributed by atoms with Gasteiger partial charge in [-0.25, -0.2) is 9.37 Å². The summed E-state index contributed by atoms with van der Waals surface area (Å²) in [5, 5.41) is 0. The van der Waals surface area contributed by atoms with Gasteiger partial charge in [-0.15, -0.1) is 0 Å². The summed E-state index contributed by atoms with van der Waals surface area (Å²) in [6.45, 7) is 0. The molecule has 0 atom stereocenters. The van der Waals surface area contributed by atoms with Gasteiger partial charge in [-0.3, -0.25) is 0 Å². The standard InChI is InChI=1S/C6H2F4IN/c7-4-3(6(8,9)10)1-2-12-5(4)11/h1-2H. The van der Waals surface area contributed by atoms with E-state index in [2.05, 4.69) is 4.98 Å². The fourth-order valence-electron chi connectivity index (χ4n) is 0.637. The molecule has 0 amide bonds. The highest BCUT2D eigenvalue weighted by atomic mass is 127. The van der Waals surface area contributed by atoms with Crippen molar-refractivity contribution >= 4 is 22.6 Å². The first-order valence-corrected chi connectivity index (χ1v) is 3.88. The molecule has 1 aromatic rings. The van der Waals surface area contributed by atoms with Crippen LogP contribution >= 0.6 is 22.6 Å². The summed E-state index contributed by atoms with van der Waals surface area (Å²) in [6, 6.07) is 0.609. The third-order valence-electron chi connectivity index (χ3n) is 1.15. The molecule has 12 heavy (non-hydrogen) atoms. The van der Waals surface area contributed by atoms with Gasteiger partial charge in [0.2, 0.25) is 0 Å². The minimum Gasteiger partial charge on any atom is -0.247 e. The summed E-state index contributed by atoms with van der Waals surface area (Å²) in [6.07, 6.45) is -3.72. The molecule has 0 bridgehead atoms. The highest BCUT2D eigenvalue weighted by Crippen LogP contribution is 2.31. The van der Waals surface area contributed by atoms with E-state index in [-0.39, 0.29) is 3.70 Å². The maximum absolute atomic E-state index is 12.7. The van der Waals surface area contributed by atoms with E-state index in [1.807, 2.05) is 0 Å². The Labute approximate surface area is 78.9 Å². The van der Waals surface area contributed by atoms with E-state index in [1.54, 1.807) is 0 Å². The number of aromatic nitrogens is 1. The number of rotatable bonds is 0. The van der Waals surface area contributed by atoms with Crippen molar-refractivity contribution in [1.82, 2.24) is 4.98 Å². The molecule has 0 N–H and O–H groups in total. The van der Waals surface area contributed by atoms with Crippen LogP contribution in [-0.4, -0.2) is 4.98 Å². The van der Waals surface area contributed by atoms with Gasteiger partial charge in [-0.05, 0) is 28.7 Å². The summed E-state index contributed by atoms with van der Waals surface area (Å²) in [5.41, 5.74) is -1.28. The van der Waals surface area contributed by atoms with Gasteiger partial charge in [0.25, 0.3) is 0 Å². The SMILES string of the molecule is Fc1c(C(F)(F)F)ccnc1I. The molecule has 0 saturated carbocycles. The molecule has 0 aromatic carbocycles. The molecule has 1 nitrogen and oxygen atoms in total. The van der Waals surface area contributed by atoms with Crippen LogP contribution in [0.15, 0.2) is 12.3 Å². The van der Waals surface area contributed by atoms with Crippen molar-refractivity contribution < 1.29 is 17.6 Å². The molecule has 0 radical (unpaired) electrons. The normalized spacial score (nSPS) is 11.8. The molecule has 66 valence electrons. The van der Waals surface area contributed by atoms with Gasteiger partial charge in [0.15, 0.2) is 5.82 Å². The van der Waals surface area contributed by atoms with Crippen LogP contribution in [0.1, 0.15) is 5.56 Å². The molecule has 0 saturated heterocycles. The monoisotopic (exact) mass is 291 g/mol. The molecular weight excluding hydrogens is 289 g/mol. The lowest BCUT2D eigenvalue weighted by Crippen LogP contribution is -2.09. The van der Waals surface area contributed by atoms with Crippen LogP contribution in [0, 0.1) is 9.52 Å². The van der Waals surface area contributed by atoms with Gasteiger partial charge < -0.3 is 0 Å². The first-order valence-electron chi connectivity index (χ1n) is 2.80. The van der Waals surface area contributed by atoms with Crippen molar-refractivity contribution in [2.24, 2.45) is 0 Å². The number of alkyl halides is 3. The fraction of sp³-hybridized carbons (Fsp3) is 0.167. The lowest BCUT2D eigenvalue weighted by molar-refractivity contribution is -0.140. The van der Waals surface area contributed by atoms with E-state index in [0.717, 1.165) is 6.20 Å². The van der Waals surface area contributed by atoms with Crippen molar-refractivity contribution in [1.29, 1.82) is 0 Å². The zero-order chi connectivity index (χ0) is 9.35. The van der Waals surface area contributed by atoms with Crippen LogP contribution in [0.3, 0.4) is 0 Å². The molecule has 1 heterocycles. The quantitative estimate of drug-likeness (QED) is 0.407. The van der Waals surface area contributed by atoms with E-state index >= 15 is 0 Å². The largest absolute Gasteiger partial charge is 0.419 e. The number of nitrogens with zero attached hydrogens (tertiary/aromatic N) is 1.